The predicted octanol–water partition coefficient (Wildman–Crippen LogP) is 0.852. The first-order valence-corrected chi connectivity index (χ1v) is 5.94. The quantitative estimate of drug-likeness (QED) is 0.674. The Balaban J connectivity index is 3.57. The van der Waals surface area contributed by atoms with Gasteiger partial charge < -0.3 is 10.6 Å². The van der Waals surface area contributed by atoms with Crippen LogP contribution in [0.2, 0.25) is 0 Å². The van der Waals surface area contributed by atoms with Crippen LogP contribution in [0.15, 0.2) is 0 Å². The summed E-state index contributed by atoms with van der Waals surface area (Å²) >= 11 is 1.57. The molecule has 0 bridgehead atoms. The molecule has 0 aliphatic carbocycles. The Kier molecular flexibility index (Phi) is 7.09. The average Bonchev–Trinajstić information content (AvgIpc) is 2.13. The summed E-state index contributed by atoms with van der Waals surface area (Å²) in [6.45, 7) is 7.68. The van der Waals surface area contributed by atoms with Crippen molar-refractivity contribution in [1.82, 2.24) is 10.6 Å². The van der Waals surface area contributed by atoms with Crippen LogP contribution in [0, 0.1) is 0 Å². The lowest BCUT2D eigenvalue weighted by Gasteiger charge is -2.15. The average molecular weight is 204 g/mol. The molecule has 0 spiro atoms. The Hall–Kier alpha value is -0.220. The summed E-state index contributed by atoms with van der Waals surface area (Å²) < 4.78 is 0. The molecule has 2 atom stereocenters. The second-order valence-corrected chi connectivity index (χ2v) is 4.26. The zero-order valence-electron chi connectivity index (χ0n) is 8.89. The van der Waals surface area contributed by atoms with Crippen molar-refractivity contribution in [2.75, 3.05) is 19.3 Å². The molecular formula is C9H20N2OS. The van der Waals surface area contributed by atoms with Gasteiger partial charge in [-0.1, -0.05) is 6.92 Å². The Morgan fingerprint density at radius 3 is 2.54 bits per heavy atom. The molecule has 78 valence electrons. The third-order valence-corrected chi connectivity index (χ3v) is 2.78. The van der Waals surface area contributed by atoms with E-state index in [1.807, 2.05) is 13.2 Å². The highest BCUT2D eigenvalue weighted by Crippen LogP contribution is 2.03. The molecular weight excluding hydrogens is 184 g/mol. The number of carbonyl (C=O) groups excluding carboxylic acids is 1. The number of carbonyl (C=O) groups is 1. The van der Waals surface area contributed by atoms with Crippen LogP contribution in [0.25, 0.3) is 0 Å². The first kappa shape index (κ1) is 12.8. The van der Waals surface area contributed by atoms with Gasteiger partial charge in [-0.05, 0) is 26.6 Å². The number of thioether (sulfide) groups is 1. The summed E-state index contributed by atoms with van der Waals surface area (Å²) in [6.07, 6.45) is 1.94. The third kappa shape index (κ3) is 5.93. The van der Waals surface area contributed by atoms with Gasteiger partial charge in [0.25, 0.3) is 0 Å². The molecule has 0 radical (unpaired) electrons. The van der Waals surface area contributed by atoms with Crippen molar-refractivity contribution >= 4 is 17.7 Å². The molecule has 4 heteroatoms. The lowest BCUT2D eigenvalue weighted by Crippen LogP contribution is -2.41. The van der Waals surface area contributed by atoms with Gasteiger partial charge in [0.05, 0.1) is 5.25 Å². The van der Waals surface area contributed by atoms with Gasteiger partial charge in [-0.25, -0.2) is 0 Å². The van der Waals surface area contributed by atoms with E-state index in [-0.39, 0.29) is 11.2 Å². The fourth-order valence-electron chi connectivity index (χ4n) is 0.925. The summed E-state index contributed by atoms with van der Waals surface area (Å²) in [7, 11) is 0. The molecule has 0 rings (SSSR count). The molecule has 3 nitrogen and oxygen atoms in total. The van der Waals surface area contributed by atoms with E-state index in [0.29, 0.717) is 12.6 Å². The van der Waals surface area contributed by atoms with E-state index in [0.717, 1.165) is 6.54 Å². The second-order valence-electron chi connectivity index (χ2n) is 3.08. The van der Waals surface area contributed by atoms with E-state index in [2.05, 4.69) is 24.5 Å². The molecule has 1 amide bonds. The van der Waals surface area contributed by atoms with Crippen molar-refractivity contribution in [3.63, 3.8) is 0 Å². The van der Waals surface area contributed by atoms with Crippen LogP contribution in [0.4, 0.5) is 0 Å². The van der Waals surface area contributed by atoms with Gasteiger partial charge in [-0.3, -0.25) is 4.79 Å². The maximum absolute atomic E-state index is 11.3. The zero-order chi connectivity index (χ0) is 10.3. The summed E-state index contributed by atoms with van der Waals surface area (Å²) in [4.78, 5) is 11.3. The summed E-state index contributed by atoms with van der Waals surface area (Å²) in [6, 6.07) is 0.350. The highest BCUT2D eigenvalue weighted by molar-refractivity contribution is 7.99. The van der Waals surface area contributed by atoms with Crippen molar-refractivity contribution in [2.45, 2.75) is 32.1 Å². The van der Waals surface area contributed by atoms with E-state index in [1.54, 1.807) is 11.8 Å². The van der Waals surface area contributed by atoms with Crippen LogP contribution >= 0.6 is 11.8 Å². The van der Waals surface area contributed by atoms with E-state index in [1.165, 1.54) is 0 Å². The lowest BCUT2D eigenvalue weighted by atomic mass is 10.3. The Morgan fingerprint density at radius 2 is 2.08 bits per heavy atom. The lowest BCUT2D eigenvalue weighted by molar-refractivity contribution is -0.120. The van der Waals surface area contributed by atoms with Crippen molar-refractivity contribution < 1.29 is 4.79 Å². The number of amides is 1. The van der Waals surface area contributed by atoms with Crippen molar-refractivity contribution in [1.29, 1.82) is 0 Å². The third-order valence-electron chi connectivity index (χ3n) is 1.86. The summed E-state index contributed by atoms with van der Waals surface area (Å²) in [5, 5.41) is 6.18. The topological polar surface area (TPSA) is 41.1 Å². The Labute approximate surface area is 85.0 Å². The van der Waals surface area contributed by atoms with Crippen LogP contribution in [-0.2, 0) is 4.79 Å². The van der Waals surface area contributed by atoms with Gasteiger partial charge in [0.15, 0.2) is 0 Å². The molecule has 13 heavy (non-hydrogen) atoms. The fourth-order valence-corrected chi connectivity index (χ4v) is 1.22. The molecule has 0 fully saturated rings. The maximum atomic E-state index is 11.3. The van der Waals surface area contributed by atoms with Crippen molar-refractivity contribution in [2.24, 2.45) is 0 Å². The number of hydrogen-bond donors (Lipinski definition) is 2. The van der Waals surface area contributed by atoms with E-state index in [9.17, 15) is 4.79 Å². The zero-order valence-corrected chi connectivity index (χ0v) is 9.70. The van der Waals surface area contributed by atoms with Gasteiger partial charge in [0, 0.05) is 12.6 Å². The Morgan fingerprint density at radius 1 is 1.46 bits per heavy atom. The van der Waals surface area contributed by atoms with Gasteiger partial charge in [-0.2, -0.15) is 11.8 Å². The van der Waals surface area contributed by atoms with Gasteiger partial charge in [0.1, 0.15) is 0 Å². The normalized spacial score (nSPS) is 15.1. The van der Waals surface area contributed by atoms with Crippen molar-refractivity contribution in [3.05, 3.63) is 0 Å². The summed E-state index contributed by atoms with van der Waals surface area (Å²) in [5.74, 6) is 0.122. The minimum atomic E-state index is 0.0498. The van der Waals surface area contributed by atoms with Gasteiger partial charge >= 0.3 is 0 Å². The summed E-state index contributed by atoms with van der Waals surface area (Å²) in [5.41, 5.74) is 0. The first-order valence-electron chi connectivity index (χ1n) is 4.65. The number of rotatable bonds is 6. The van der Waals surface area contributed by atoms with Gasteiger partial charge in [-0.15, -0.1) is 0 Å². The molecule has 0 aliphatic heterocycles. The van der Waals surface area contributed by atoms with Crippen LogP contribution < -0.4 is 10.6 Å². The molecule has 0 saturated carbocycles. The SMILES string of the molecule is CCN[C@H](C)CNC(=O)C(C)SC. The van der Waals surface area contributed by atoms with Gasteiger partial charge in [0.2, 0.25) is 5.91 Å². The molecule has 0 saturated heterocycles. The second kappa shape index (κ2) is 7.21. The van der Waals surface area contributed by atoms with E-state index in [4.69, 9.17) is 0 Å². The smallest absolute Gasteiger partial charge is 0.232 e. The molecule has 0 aromatic rings. The molecule has 0 aromatic heterocycles. The van der Waals surface area contributed by atoms with Crippen LogP contribution in [0.5, 0.6) is 0 Å². The van der Waals surface area contributed by atoms with E-state index >= 15 is 0 Å². The van der Waals surface area contributed by atoms with Crippen LogP contribution in [0.3, 0.4) is 0 Å². The molecule has 1 unspecified atom stereocenters. The fraction of sp³-hybridized carbons (Fsp3) is 0.889. The minimum Gasteiger partial charge on any atom is -0.354 e. The Bertz CT molecular complexity index is 153. The van der Waals surface area contributed by atoms with Crippen LogP contribution in [-0.4, -0.2) is 36.5 Å². The van der Waals surface area contributed by atoms with E-state index < -0.39 is 0 Å². The number of likely N-dealkylation sites (N-methyl/N-ethyl adjacent to an activating group) is 1. The van der Waals surface area contributed by atoms with Crippen molar-refractivity contribution in [3.8, 4) is 0 Å². The minimum absolute atomic E-state index is 0.0498. The standard InChI is InChI=1S/C9H20N2OS/c1-5-10-7(2)6-11-9(12)8(3)13-4/h7-8,10H,5-6H2,1-4H3,(H,11,12)/t7-,8?/m1/s1. The molecule has 0 aliphatic rings. The number of nitrogens with one attached hydrogen (secondary N) is 2. The highest BCUT2D eigenvalue weighted by Gasteiger charge is 2.10. The predicted molar refractivity (Wildman–Crippen MR) is 59.1 cm³/mol. The molecule has 0 aromatic carbocycles. The highest BCUT2D eigenvalue weighted by atomic mass is 32.2. The number of hydrogen-bond acceptors (Lipinski definition) is 3. The molecule has 2 N–H and O–H groups in total. The first-order chi connectivity index (χ1) is 6.11. The molecule has 0 heterocycles. The maximum Gasteiger partial charge on any atom is 0.232 e. The monoisotopic (exact) mass is 204 g/mol. The largest absolute Gasteiger partial charge is 0.354 e. The van der Waals surface area contributed by atoms with Crippen LogP contribution in [0.1, 0.15) is 20.8 Å².